The van der Waals surface area contributed by atoms with Gasteiger partial charge in [-0.1, -0.05) is 0 Å². The van der Waals surface area contributed by atoms with Gasteiger partial charge in [0.25, 0.3) is 11.6 Å². The molecule has 1 N–H and O–H groups in total. The number of nitrogens with zero attached hydrogens (tertiary/aromatic N) is 2. The van der Waals surface area contributed by atoms with E-state index >= 15 is 0 Å². The van der Waals surface area contributed by atoms with Gasteiger partial charge in [-0.3, -0.25) is 19.7 Å². The highest BCUT2D eigenvalue weighted by Gasteiger charge is 2.17. The highest BCUT2D eigenvalue weighted by molar-refractivity contribution is 9.11. The van der Waals surface area contributed by atoms with Crippen LogP contribution in [0.2, 0.25) is 0 Å². The molecule has 0 heterocycles. The first-order valence-electron chi connectivity index (χ1n) is 8.09. The molecule has 1 amide bonds. The molecule has 2 rings (SSSR count). The number of non-ortho nitro benzene ring substituents is 1. The Morgan fingerprint density at radius 3 is 2.47 bits per heavy atom. The Morgan fingerprint density at radius 1 is 1.23 bits per heavy atom. The molecule has 0 saturated carbocycles. The normalized spacial score (nSPS) is 10.7. The van der Waals surface area contributed by atoms with E-state index in [9.17, 15) is 25.0 Å². The van der Waals surface area contributed by atoms with E-state index in [2.05, 4.69) is 37.2 Å². The molecule has 0 spiro atoms. The summed E-state index contributed by atoms with van der Waals surface area (Å²) in [5, 5.41) is 22.7. The fourth-order valence-electron chi connectivity index (χ4n) is 2.29. The Hall–Kier alpha value is -3.23. The van der Waals surface area contributed by atoms with Crippen molar-refractivity contribution in [3.8, 4) is 17.6 Å². The van der Waals surface area contributed by atoms with Crippen molar-refractivity contribution in [3.63, 3.8) is 0 Å². The van der Waals surface area contributed by atoms with Crippen molar-refractivity contribution in [1.82, 2.24) is 0 Å². The molecule has 0 atom stereocenters. The lowest BCUT2D eigenvalue weighted by atomic mass is 10.1. The van der Waals surface area contributed by atoms with Crippen molar-refractivity contribution in [3.05, 3.63) is 60.5 Å². The van der Waals surface area contributed by atoms with E-state index < -0.39 is 16.8 Å². The number of benzene rings is 2. The van der Waals surface area contributed by atoms with E-state index in [1.54, 1.807) is 6.07 Å². The number of hydrogen-bond donors (Lipinski definition) is 1. The van der Waals surface area contributed by atoms with Gasteiger partial charge in [-0.15, -0.1) is 0 Å². The summed E-state index contributed by atoms with van der Waals surface area (Å²) in [6, 6.07) is 8.67. The predicted molar refractivity (Wildman–Crippen MR) is 115 cm³/mol. The minimum Gasteiger partial charge on any atom is -0.493 e. The van der Waals surface area contributed by atoms with E-state index in [4.69, 9.17) is 9.47 Å². The van der Waals surface area contributed by atoms with Crippen LogP contribution in [0.25, 0.3) is 6.08 Å². The highest BCUT2D eigenvalue weighted by atomic mass is 79.9. The second kappa shape index (κ2) is 10.00. The van der Waals surface area contributed by atoms with Gasteiger partial charge < -0.3 is 14.8 Å². The zero-order valence-electron chi connectivity index (χ0n) is 15.6. The van der Waals surface area contributed by atoms with Crippen LogP contribution in [0.4, 0.5) is 11.4 Å². The molecule has 0 aliphatic rings. The topological polar surface area (TPSA) is 132 Å². The minimum absolute atomic E-state index is 0.152. The van der Waals surface area contributed by atoms with Crippen molar-refractivity contribution in [1.29, 1.82) is 5.26 Å². The van der Waals surface area contributed by atoms with E-state index in [-0.39, 0.29) is 32.9 Å². The molecular formula is C19H13Br2N3O6. The number of anilines is 1. The Kier molecular flexibility index (Phi) is 7.68. The molecule has 9 nitrogen and oxygen atoms in total. The Morgan fingerprint density at radius 2 is 1.93 bits per heavy atom. The van der Waals surface area contributed by atoms with Crippen LogP contribution in [-0.2, 0) is 9.59 Å². The molecule has 0 aromatic heterocycles. The molecule has 154 valence electrons. The third kappa shape index (κ3) is 5.65. The summed E-state index contributed by atoms with van der Waals surface area (Å²) in [5.74, 6) is -0.865. The monoisotopic (exact) mass is 537 g/mol. The molecule has 0 fully saturated rings. The van der Waals surface area contributed by atoms with E-state index in [0.717, 1.165) is 0 Å². The summed E-state index contributed by atoms with van der Waals surface area (Å²) in [6.07, 6.45) is 1.32. The van der Waals surface area contributed by atoms with Gasteiger partial charge in [0.2, 0.25) is 0 Å². The first-order chi connectivity index (χ1) is 14.2. The van der Waals surface area contributed by atoms with Crippen molar-refractivity contribution < 1.29 is 24.0 Å². The number of carbonyl (C=O) groups is 2. The number of nitrogens with one attached hydrogen (secondary N) is 1. The number of ether oxygens (including phenoxy) is 2. The third-order valence-electron chi connectivity index (χ3n) is 3.59. The van der Waals surface area contributed by atoms with Gasteiger partial charge in [-0.2, -0.15) is 5.26 Å². The number of nitro groups is 1. The summed E-state index contributed by atoms with van der Waals surface area (Å²) in [4.78, 5) is 34.0. The second-order valence-electron chi connectivity index (χ2n) is 5.67. The van der Waals surface area contributed by atoms with Gasteiger partial charge in [0.1, 0.15) is 11.6 Å². The molecule has 30 heavy (non-hydrogen) atoms. The van der Waals surface area contributed by atoms with Crippen molar-refractivity contribution in [2.24, 2.45) is 0 Å². The maximum absolute atomic E-state index is 12.5. The van der Waals surface area contributed by atoms with E-state index in [0.29, 0.717) is 10.0 Å². The van der Waals surface area contributed by atoms with Crippen molar-refractivity contribution in [2.75, 3.05) is 12.4 Å². The average Bonchev–Trinajstić information content (AvgIpc) is 2.68. The summed E-state index contributed by atoms with van der Waals surface area (Å²) < 4.78 is 11.0. The van der Waals surface area contributed by atoms with Gasteiger partial charge in [0.05, 0.1) is 22.2 Å². The molecule has 0 unspecified atom stereocenters. The first kappa shape index (κ1) is 23.1. The number of esters is 1. The van der Waals surface area contributed by atoms with Crippen molar-refractivity contribution >= 4 is 61.2 Å². The number of nitriles is 1. The Labute approximate surface area is 187 Å². The molecule has 0 bridgehead atoms. The highest BCUT2D eigenvalue weighted by Crippen LogP contribution is 2.37. The molecular weight excluding hydrogens is 526 g/mol. The lowest BCUT2D eigenvalue weighted by molar-refractivity contribution is -0.384. The maximum Gasteiger partial charge on any atom is 0.308 e. The van der Waals surface area contributed by atoms with Gasteiger partial charge in [-0.25, -0.2) is 0 Å². The van der Waals surface area contributed by atoms with Crippen LogP contribution in [-0.4, -0.2) is 23.9 Å². The Balaban J connectivity index is 2.34. The summed E-state index contributed by atoms with van der Waals surface area (Å²) in [5.41, 5.74) is 0.315. The average molecular weight is 539 g/mol. The molecule has 0 aliphatic carbocycles. The number of carbonyl (C=O) groups excluding carboxylic acids is 2. The van der Waals surface area contributed by atoms with Gasteiger partial charge in [0, 0.05) is 23.5 Å². The molecule has 2 aromatic carbocycles. The number of hydrogen-bond acceptors (Lipinski definition) is 7. The van der Waals surface area contributed by atoms with Crippen LogP contribution in [0.5, 0.6) is 11.5 Å². The van der Waals surface area contributed by atoms with E-state index in [1.165, 1.54) is 44.4 Å². The zero-order chi connectivity index (χ0) is 22.4. The quantitative estimate of drug-likeness (QED) is 0.142. The lowest BCUT2D eigenvalue weighted by Gasteiger charge is -2.11. The number of methoxy groups -OCH3 is 1. The van der Waals surface area contributed by atoms with Crippen molar-refractivity contribution in [2.45, 2.75) is 6.92 Å². The lowest BCUT2D eigenvalue weighted by Crippen LogP contribution is -2.14. The van der Waals surface area contributed by atoms with Crippen LogP contribution >= 0.6 is 31.9 Å². The largest absolute Gasteiger partial charge is 0.493 e. The number of amides is 1. The molecule has 2 aromatic rings. The van der Waals surface area contributed by atoms with Crippen LogP contribution in [0.3, 0.4) is 0 Å². The standard InChI is InChI=1S/C19H13Br2N3O6/c1-10(25)30-18-15(21)6-11(7-17(18)29-2)5-12(9-22)19(26)23-16-4-3-13(24(27)28)8-14(16)20/h3-8H,1-2H3,(H,23,26). The fraction of sp³-hybridized carbons (Fsp3) is 0.105. The summed E-state index contributed by atoms with van der Waals surface area (Å²) in [6.45, 7) is 1.24. The predicted octanol–water partition coefficient (Wildman–Crippen LogP) is 4.60. The SMILES string of the molecule is COc1cc(C=C(C#N)C(=O)Nc2ccc([N+](=O)[O-])cc2Br)cc(Br)c1OC(C)=O. The van der Waals surface area contributed by atoms with Crippen LogP contribution in [0.1, 0.15) is 12.5 Å². The molecule has 0 radical (unpaired) electrons. The maximum atomic E-state index is 12.5. The van der Waals surface area contributed by atoms with Crippen LogP contribution < -0.4 is 14.8 Å². The van der Waals surface area contributed by atoms with Gasteiger partial charge in [0.15, 0.2) is 11.5 Å². The van der Waals surface area contributed by atoms with Gasteiger partial charge >= 0.3 is 5.97 Å². The zero-order valence-corrected chi connectivity index (χ0v) is 18.7. The third-order valence-corrected chi connectivity index (χ3v) is 4.83. The number of nitro benzene ring substituents is 1. The number of rotatable bonds is 6. The first-order valence-corrected chi connectivity index (χ1v) is 9.68. The molecule has 11 heteroatoms. The van der Waals surface area contributed by atoms with Crippen LogP contribution in [0, 0.1) is 21.4 Å². The van der Waals surface area contributed by atoms with Gasteiger partial charge in [-0.05, 0) is 61.7 Å². The smallest absolute Gasteiger partial charge is 0.308 e. The Bertz CT molecular complexity index is 1110. The second-order valence-corrected chi connectivity index (χ2v) is 7.38. The summed E-state index contributed by atoms with van der Waals surface area (Å²) >= 11 is 6.42. The molecule has 0 aliphatic heterocycles. The summed E-state index contributed by atoms with van der Waals surface area (Å²) in [7, 11) is 1.38. The number of halogens is 2. The molecule has 0 saturated heterocycles. The van der Waals surface area contributed by atoms with E-state index in [1.807, 2.05) is 6.07 Å². The fourth-order valence-corrected chi connectivity index (χ4v) is 3.30. The minimum atomic E-state index is -0.716. The van der Waals surface area contributed by atoms with Crippen LogP contribution in [0.15, 0.2) is 44.9 Å².